The minimum absolute atomic E-state index is 0.580. The van der Waals surface area contributed by atoms with Crippen molar-refractivity contribution in [1.82, 2.24) is 0 Å². The van der Waals surface area contributed by atoms with Crippen molar-refractivity contribution in [2.45, 2.75) is 32.2 Å². The number of hydrogen-bond donors (Lipinski definition) is 1. The van der Waals surface area contributed by atoms with E-state index in [1.807, 2.05) is 12.1 Å². The maximum atomic E-state index is 8.96. The zero-order valence-electron chi connectivity index (χ0n) is 9.61. The maximum absolute atomic E-state index is 8.96. The van der Waals surface area contributed by atoms with Gasteiger partial charge in [0.15, 0.2) is 0 Å². The normalized spacial score (nSPS) is 19.8. The predicted molar refractivity (Wildman–Crippen MR) is 66.2 cm³/mol. The van der Waals surface area contributed by atoms with Gasteiger partial charge in [-0.15, -0.1) is 0 Å². The zero-order chi connectivity index (χ0) is 11.5. The topological polar surface area (TPSA) is 53.0 Å². The SMILES string of the molecule is CCC1CCCN1c1cccc(C#N)c1N. The van der Waals surface area contributed by atoms with Gasteiger partial charge in [0.1, 0.15) is 6.07 Å². The van der Waals surface area contributed by atoms with E-state index in [1.165, 1.54) is 12.8 Å². The summed E-state index contributed by atoms with van der Waals surface area (Å²) in [7, 11) is 0. The summed E-state index contributed by atoms with van der Waals surface area (Å²) in [4.78, 5) is 2.34. The van der Waals surface area contributed by atoms with Crippen LogP contribution >= 0.6 is 0 Å². The largest absolute Gasteiger partial charge is 0.396 e. The molecule has 1 saturated heterocycles. The van der Waals surface area contributed by atoms with Crippen molar-refractivity contribution >= 4 is 11.4 Å². The Labute approximate surface area is 96.5 Å². The van der Waals surface area contributed by atoms with Gasteiger partial charge in [-0.3, -0.25) is 0 Å². The second-order valence-electron chi connectivity index (χ2n) is 4.25. The molecule has 2 N–H and O–H groups in total. The first kappa shape index (κ1) is 10.8. The molecule has 0 saturated carbocycles. The Morgan fingerprint density at radius 1 is 1.56 bits per heavy atom. The summed E-state index contributed by atoms with van der Waals surface area (Å²) in [5.74, 6) is 0. The highest BCUT2D eigenvalue weighted by Crippen LogP contribution is 2.33. The highest BCUT2D eigenvalue weighted by Gasteiger charge is 2.24. The first-order chi connectivity index (χ1) is 7.77. The van der Waals surface area contributed by atoms with Crippen LogP contribution in [-0.2, 0) is 0 Å². The minimum atomic E-state index is 0.580. The lowest BCUT2D eigenvalue weighted by atomic mass is 10.1. The minimum Gasteiger partial charge on any atom is -0.396 e. The molecule has 1 unspecified atom stereocenters. The van der Waals surface area contributed by atoms with E-state index in [0.717, 1.165) is 18.7 Å². The van der Waals surface area contributed by atoms with Crippen LogP contribution in [0, 0.1) is 11.3 Å². The molecule has 1 fully saturated rings. The Kier molecular flexibility index (Phi) is 3.00. The molecular weight excluding hydrogens is 198 g/mol. The van der Waals surface area contributed by atoms with E-state index in [9.17, 15) is 0 Å². The molecule has 3 heteroatoms. The monoisotopic (exact) mass is 215 g/mol. The molecule has 1 aromatic carbocycles. The molecule has 0 radical (unpaired) electrons. The molecule has 0 amide bonds. The Morgan fingerprint density at radius 2 is 2.38 bits per heavy atom. The first-order valence-corrected chi connectivity index (χ1v) is 5.83. The summed E-state index contributed by atoms with van der Waals surface area (Å²) >= 11 is 0. The van der Waals surface area contributed by atoms with Crippen molar-refractivity contribution in [1.29, 1.82) is 5.26 Å². The zero-order valence-corrected chi connectivity index (χ0v) is 9.61. The van der Waals surface area contributed by atoms with Crippen molar-refractivity contribution in [2.75, 3.05) is 17.2 Å². The molecule has 0 aliphatic carbocycles. The molecule has 16 heavy (non-hydrogen) atoms. The van der Waals surface area contributed by atoms with Gasteiger partial charge in [0.25, 0.3) is 0 Å². The number of hydrogen-bond acceptors (Lipinski definition) is 3. The lowest BCUT2D eigenvalue weighted by Gasteiger charge is -2.27. The summed E-state index contributed by atoms with van der Waals surface area (Å²) in [5.41, 5.74) is 8.27. The van der Waals surface area contributed by atoms with E-state index < -0.39 is 0 Å². The molecular formula is C13H17N3. The van der Waals surface area contributed by atoms with Crippen molar-refractivity contribution in [2.24, 2.45) is 0 Å². The van der Waals surface area contributed by atoms with Crippen molar-refractivity contribution in [3.8, 4) is 6.07 Å². The van der Waals surface area contributed by atoms with Gasteiger partial charge in [-0.1, -0.05) is 13.0 Å². The van der Waals surface area contributed by atoms with Gasteiger partial charge in [-0.05, 0) is 31.4 Å². The third-order valence-electron chi connectivity index (χ3n) is 3.36. The van der Waals surface area contributed by atoms with Gasteiger partial charge in [0, 0.05) is 12.6 Å². The van der Waals surface area contributed by atoms with Crippen molar-refractivity contribution < 1.29 is 0 Å². The van der Waals surface area contributed by atoms with Gasteiger partial charge < -0.3 is 10.6 Å². The van der Waals surface area contributed by atoms with Gasteiger partial charge in [0.2, 0.25) is 0 Å². The summed E-state index contributed by atoms with van der Waals surface area (Å²) in [6.45, 7) is 3.25. The van der Waals surface area contributed by atoms with E-state index in [-0.39, 0.29) is 0 Å². The van der Waals surface area contributed by atoms with Crippen LogP contribution in [0.3, 0.4) is 0 Å². The number of nitrogens with zero attached hydrogens (tertiary/aromatic N) is 2. The van der Waals surface area contributed by atoms with E-state index in [2.05, 4.69) is 17.9 Å². The summed E-state index contributed by atoms with van der Waals surface area (Å²) in [6.07, 6.45) is 3.58. The Morgan fingerprint density at radius 3 is 3.06 bits per heavy atom. The molecule has 2 rings (SSSR count). The number of para-hydroxylation sites is 1. The third-order valence-corrected chi connectivity index (χ3v) is 3.36. The standard InChI is InChI=1S/C13H17N3/c1-2-11-6-4-8-16(11)12-7-3-5-10(9-14)13(12)15/h3,5,7,11H,2,4,6,8,15H2,1H3. The maximum Gasteiger partial charge on any atom is 0.101 e. The number of nitrogens with two attached hydrogens (primary N) is 1. The van der Waals surface area contributed by atoms with E-state index >= 15 is 0 Å². The third kappa shape index (κ3) is 1.71. The van der Waals surface area contributed by atoms with Gasteiger partial charge in [-0.2, -0.15) is 5.26 Å². The van der Waals surface area contributed by atoms with Gasteiger partial charge >= 0.3 is 0 Å². The van der Waals surface area contributed by atoms with E-state index in [1.54, 1.807) is 6.07 Å². The number of nitriles is 1. The lowest BCUT2D eigenvalue weighted by Crippen LogP contribution is -2.29. The Bertz CT molecular complexity index is 420. The molecule has 1 aliphatic rings. The predicted octanol–water partition coefficient (Wildman–Crippen LogP) is 2.52. The molecule has 0 aromatic heterocycles. The second-order valence-corrected chi connectivity index (χ2v) is 4.25. The average Bonchev–Trinajstić information content (AvgIpc) is 2.77. The highest BCUT2D eigenvalue weighted by molar-refractivity contribution is 5.74. The fourth-order valence-electron chi connectivity index (χ4n) is 2.48. The van der Waals surface area contributed by atoms with E-state index in [4.69, 9.17) is 11.0 Å². The molecule has 84 valence electrons. The van der Waals surface area contributed by atoms with Crippen LogP contribution in [0.2, 0.25) is 0 Å². The number of nitrogen functional groups attached to an aromatic ring is 1. The smallest absolute Gasteiger partial charge is 0.101 e. The molecule has 0 spiro atoms. The van der Waals surface area contributed by atoms with Crippen LogP contribution in [0.4, 0.5) is 11.4 Å². The van der Waals surface area contributed by atoms with Crippen LogP contribution in [0.5, 0.6) is 0 Å². The summed E-state index contributed by atoms with van der Waals surface area (Å²) < 4.78 is 0. The van der Waals surface area contributed by atoms with Crippen LogP contribution in [0.25, 0.3) is 0 Å². The molecule has 0 bridgehead atoms. The molecule has 1 atom stereocenters. The van der Waals surface area contributed by atoms with Crippen LogP contribution in [-0.4, -0.2) is 12.6 Å². The summed E-state index contributed by atoms with van der Waals surface area (Å²) in [6, 6.07) is 8.42. The molecule has 1 aromatic rings. The molecule has 1 aliphatic heterocycles. The Balaban J connectivity index is 2.37. The van der Waals surface area contributed by atoms with Gasteiger partial charge in [0.05, 0.1) is 16.9 Å². The number of rotatable bonds is 2. The van der Waals surface area contributed by atoms with E-state index in [0.29, 0.717) is 17.3 Å². The fraction of sp³-hybridized carbons (Fsp3) is 0.462. The van der Waals surface area contributed by atoms with Gasteiger partial charge in [-0.25, -0.2) is 0 Å². The lowest BCUT2D eigenvalue weighted by molar-refractivity contribution is 0.646. The quantitative estimate of drug-likeness (QED) is 0.771. The van der Waals surface area contributed by atoms with Crippen LogP contribution < -0.4 is 10.6 Å². The summed E-state index contributed by atoms with van der Waals surface area (Å²) in [5, 5.41) is 8.96. The highest BCUT2D eigenvalue weighted by atomic mass is 15.2. The van der Waals surface area contributed by atoms with Crippen LogP contribution in [0.1, 0.15) is 31.7 Å². The number of anilines is 2. The number of benzene rings is 1. The second kappa shape index (κ2) is 4.44. The Hall–Kier alpha value is -1.69. The van der Waals surface area contributed by atoms with Crippen molar-refractivity contribution in [3.63, 3.8) is 0 Å². The fourth-order valence-corrected chi connectivity index (χ4v) is 2.48. The van der Waals surface area contributed by atoms with Crippen molar-refractivity contribution in [3.05, 3.63) is 23.8 Å². The first-order valence-electron chi connectivity index (χ1n) is 5.83. The van der Waals surface area contributed by atoms with Crippen LogP contribution in [0.15, 0.2) is 18.2 Å². The molecule has 3 nitrogen and oxygen atoms in total. The average molecular weight is 215 g/mol. The molecule has 1 heterocycles.